The number of carbonyl (C=O) groups excluding carboxylic acids is 1. The van der Waals surface area contributed by atoms with E-state index in [2.05, 4.69) is 46.2 Å². The summed E-state index contributed by atoms with van der Waals surface area (Å²) in [5.74, 6) is 4.95. The van der Waals surface area contributed by atoms with Crippen molar-refractivity contribution in [3.8, 4) is 0 Å². The molecule has 4 rings (SSSR count). The van der Waals surface area contributed by atoms with Crippen LogP contribution in [-0.4, -0.2) is 24.6 Å². The van der Waals surface area contributed by atoms with Crippen LogP contribution in [0.1, 0.15) is 125 Å². The molecule has 0 heterocycles. The Morgan fingerprint density at radius 2 is 1.82 bits per heavy atom. The van der Waals surface area contributed by atoms with Gasteiger partial charge < -0.3 is 11.5 Å². The first-order chi connectivity index (χ1) is 18.1. The van der Waals surface area contributed by atoms with Gasteiger partial charge in [-0.1, -0.05) is 72.0 Å². The molecule has 0 bridgehead atoms. The molecule has 5 heteroatoms. The van der Waals surface area contributed by atoms with Crippen molar-refractivity contribution in [2.45, 2.75) is 137 Å². The summed E-state index contributed by atoms with van der Waals surface area (Å²) in [4.78, 5) is 18.3. The number of allylic oxidation sites excluding steroid dienone is 1. The first-order valence-corrected chi connectivity index (χ1v) is 16.2. The van der Waals surface area contributed by atoms with Gasteiger partial charge in [0.15, 0.2) is 0 Å². The summed E-state index contributed by atoms with van der Waals surface area (Å²) in [6, 6.07) is -0.519. The number of nitrogens with one attached hydrogen (secondary N) is 1. The molecule has 1 amide bonds. The van der Waals surface area contributed by atoms with Gasteiger partial charge in [-0.2, -0.15) is 0 Å². The number of hydrogen-bond acceptors (Lipinski definition) is 4. The summed E-state index contributed by atoms with van der Waals surface area (Å²) in [6.45, 7) is 13.2. The smallest absolute Gasteiger partial charge is 0.260 e. The van der Waals surface area contributed by atoms with Gasteiger partial charge in [0.2, 0.25) is 0 Å². The van der Waals surface area contributed by atoms with Crippen molar-refractivity contribution in [3.63, 3.8) is 0 Å². The van der Waals surface area contributed by atoms with Crippen LogP contribution in [0.3, 0.4) is 0 Å². The van der Waals surface area contributed by atoms with Gasteiger partial charge in [0, 0.05) is 0 Å². The van der Waals surface area contributed by atoms with Gasteiger partial charge >= 0.3 is 0 Å². The number of hydroxylamine groups is 1. The maximum absolute atomic E-state index is 12.4. The molecule has 5 N–H and O–H groups in total. The highest BCUT2D eigenvalue weighted by Gasteiger charge is 2.59. The molecular formula is C33H59N3O2. The molecule has 0 aromatic rings. The van der Waals surface area contributed by atoms with Crippen molar-refractivity contribution in [1.29, 1.82) is 0 Å². The summed E-state index contributed by atoms with van der Waals surface area (Å²) in [5.41, 5.74) is 16.7. The number of hydrogen-bond donors (Lipinski definition) is 3. The third-order valence-electron chi connectivity index (χ3n) is 11.9. The predicted molar refractivity (Wildman–Crippen MR) is 157 cm³/mol. The van der Waals surface area contributed by atoms with Crippen molar-refractivity contribution >= 4 is 5.91 Å². The first kappa shape index (κ1) is 30.1. The van der Waals surface area contributed by atoms with E-state index in [0.29, 0.717) is 23.8 Å². The lowest BCUT2D eigenvalue weighted by Crippen LogP contribution is -2.51. The van der Waals surface area contributed by atoms with Gasteiger partial charge in [0.1, 0.15) is 0 Å². The lowest BCUT2D eigenvalue weighted by atomic mass is 9.47. The van der Waals surface area contributed by atoms with Crippen LogP contribution < -0.4 is 16.9 Å². The fourth-order valence-electron chi connectivity index (χ4n) is 9.61. The summed E-state index contributed by atoms with van der Waals surface area (Å²) >= 11 is 0. The molecule has 0 spiro atoms. The van der Waals surface area contributed by atoms with Crippen LogP contribution in [0.15, 0.2) is 11.6 Å². The van der Waals surface area contributed by atoms with E-state index in [0.717, 1.165) is 61.2 Å². The van der Waals surface area contributed by atoms with Gasteiger partial charge in [-0.3, -0.25) is 9.63 Å². The van der Waals surface area contributed by atoms with Crippen LogP contribution in [0.2, 0.25) is 0 Å². The van der Waals surface area contributed by atoms with E-state index in [1.54, 1.807) is 5.57 Å². The van der Waals surface area contributed by atoms with E-state index in [1.807, 2.05) is 0 Å². The second-order valence-electron chi connectivity index (χ2n) is 14.6. The number of carbonyl (C=O) groups is 1. The molecule has 4 aliphatic rings. The quantitative estimate of drug-likeness (QED) is 0.146. The molecule has 4 aliphatic carbocycles. The Labute approximate surface area is 233 Å². The highest BCUT2D eigenvalue weighted by Crippen LogP contribution is 2.67. The van der Waals surface area contributed by atoms with Gasteiger partial charge in [0.05, 0.1) is 12.1 Å². The SMILES string of the molecule is CC(C)CCC[C@@H](C)[C@H]1CC[C@H]2[C@@H]3CC=C4C[C@@H](ONC(=O)[C@@H](N)CCCCN)CC[C@]4(C)[C@H]3CC[C@]12C. The van der Waals surface area contributed by atoms with E-state index in [1.165, 1.54) is 57.8 Å². The van der Waals surface area contributed by atoms with Crippen molar-refractivity contribution in [3.05, 3.63) is 11.6 Å². The Bertz CT molecular complexity index is 827. The van der Waals surface area contributed by atoms with Crippen molar-refractivity contribution in [1.82, 2.24) is 5.48 Å². The average Bonchev–Trinajstić information content (AvgIpc) is 3.24. The molecule has 3 saturated carbocycles. The second kappa shape index (κ2) is 12.7. The lowest BCUT2D eigenvalue weighted by molar-refractivity contribution is -0.142. The van der Waals surface area contributed by atoms with Gasteiger partial charge in [-0.05, 0) is 117 Å². The monoisotopic (exact) mass is 529 g/mol. The third kappa shape index (κ3) is 6.20. The highest BCUT2D eigenvalue weighted by molar-refractivity contribution is 5.80. The van der Waals surface area contributed by atoms with Gasteiger partial charge in [0.25, 0.3) is 5.91 Å². The standard InChI is InChI=1S/C33H59N3O2/c1-22(2)9-8-10-23(3)27-14-15-28-26-13-12-24-21-25(38-36-31(37)30(35)11-6-7-20-34)16-18-32(24,4)29(26)17-19-33(27,28)5/h12,22-23,25-30H,6-11,13-21,34-35H2,1-5H3,(H,36,37)/t23-,25+,26+,27-,28+,29+,30+,32+,33-/m1/s1. The maximum atomic E-state index is 12.4. The fourth-order valence-corrected chi connectivity index (χ4v) is 9.61. The van der Waals surface area contributed by atoms with E-state index in [9.17, 15) is 4.79 Å². The molecule has 0 aromatic heterocycles. The van der Waals surface area contributed by atoms with Crippen LogP contribution >= 0.6 is 0 Å². The van der Waals surface area contributed by atoms with E-state index in [4.69, 9.17) is 16.3 Å². The maximum Gasteiger partial charge on any atom is 0.260 e. The Balaban J connectivity index is 1.34. The van der Waals surface area contributed by atoms with Crippen molar-refractivity contribution in [2.24, 2.45) is 57.8 Å². The molecule has 0 radical (unpaired) electrons. The fraction of sp³-hybridized carbons (Fsp3) is 0.909. The summed E-state index contributed by atoms with van der Waals surface area (Å²) in [6.07, 6.45) is 19.3. The molecule has 0 aromatic carbocycles. The molecule has 9 atom stereocenters. The Morgan fingerprint density at radius 1 is 1.03 bits per heavy atom. The Hall–Kier alpha value is -0.910. The summed E-state index contributed by atoms with van der Waals surface area (Å²) in [5, 5.41) is 0. The van der Waals surface area contributed by atoms with Crippen molar-refractivity contribution in [2.75, 3.05) is 6.54 Å². The van der Waals surface area contributed by atoms with Gasteiger partial charge in [-0.15, -0.1) is 0 Å². The summed E-state index contributed by atoms with van der Waals surface area (Å²) < 4.78 is 0. The topological polar surface area (TPSA) is 90.4 Å². The molecular weight excluding hydrogens is 470 g/mol. The Morgan fingerprint density at radius 3 is 2.55 bits per heavy atom. The van der Waals surface area contributed by atoms with E-state index >= 15 is 0 Å². The molecule has 38 heavy (non-hydrogen) atoms. The highest BCUT2D eigenvalue weighted by atomic mass is 16.7. The molecule has 0 saturated heterocycles. The van der Waals surface area contributed by atoms with Crippen LogP contribution in [0, 0.1) is 46.3 Å². The van der Waals surface area contributed by atoms with E-state index in [-0.39, 0.29) is 12.0 Å². The minimum absolute atomic E-state index is 0.0578. The number of amides is 1. The molecule has 0 aliphatic heterocycles. The summed E-state index contributed by atoms with van der Waals surface area (Å²) in [7, 11) is 0. The second-order valence-corrected chi connectivity index (χ2v) is 14.6. The van der Waals surface area contributed by atoms with Crippen LogP contribution in [0.5, 0.6) is 0 Å². The minimum atomic E-state index is -0.519. The zero-order valence-electron chi connectivity index (χ0n) is 25.3. The normalized spacial score (nSPS) is 38.1. The molecule has 3 fully saturated rings. The van der Waals surface area contributed by atoms with Crippen LogP contribution in [0.4, 0.5) is 0 Å². The predicted octanol–water partition coefficient (Wildman–Crippen LogP) is 6.90. The molecule has 0 unspecified atom stereocenters. The zero-order valence-corrected chi connectivity index (χ0v) is 25.3. The number of unbranched alkanes of at least 4 members (excludes halogenated alkanes) is 1. The minimum Gasteiger partial charge on any atom is -0.330 e. The Kier molecular flexibility index (Phi) is 10.1. The van der Waals surface area contributed by atoms with Gasteiger partial charge in [-0.25, -0.2) is 5.48 Å². The average molecular weight is 530 g/mol. The number of rotatable bonds is 12. The largest absolute Gasteiger partial charge is 0.330 e. The van der Waals surface area contributed by atoms with Crippen LogP contribution in [0.25, 0.3) is 0 Å². The zero-order chi connectivity index (χ0) is 27.5. The van der Waals surface area contributed by atoms with Crippen molar-refractivity contribution < 1.29 is 9.63 Å². The molecule has 5 nitrogen and oxygen atoms in total. The lowest BCUT2D eigenvalue weighted by Gasteiger charge is -2.58. The third-order valence-corrected chi connectivity index (χ3v) is 11.9. The van der Waals surface area contributed by atoms with E-state index < -0.39 is 6.04 Å². The molecule has 218 valence electrons. The first-order valence-electron chi connectivity index (χ1n) is 16.2. The van der Waals surface area contributed by atoms with Crippen LogP contribution in [-0.2, 0) is 9.63 Å². The number of fused-ring (bicyclic) bond motifs is 5. The number of nitrogens with two attached hydrogens (primary N) is 2.